The molecule has 0 unspecified atom stereocenters. The maximum absolute atomic E-state index is 2.84. The van der Waals surface area contributed by atoms with Gasteiger partial charge >= 0.3 is 171 Å². The minimum atomic E-state index is -2.67. The second-order valence-corrected chi connectivity index (χ2v) is 17.3. The molecule has 0 aromatic heterocycles. The summed E-state index contributed by atoms with van der Waals surface area (Å²) in [7, 11) is 0. The molecule has 1 fully saturated rings. The quantitative estimate of drug-likeness (QED) is 0.354. The third kappa shape index (κ3) is 3.04. The number of rotatable bonds is 5. The molecular formula is C24H21IP. The third-order valence-electron chi connectivity index (χ3n) is 5.09. The Morgan fingerprint density at radius 1 is 0.538 bits per heavy atom. The van der Waals surface area contributed by atoms with Gasteiger partial charge in [0, 0.05) is 0 Å². The van der Waals surface area contributed by atoms with E-state index in [9.17, 15) is 0 Å². The van der Waals surface area contributed by atoms with Gasteiger partial charge in [0.05, 0.1) is 0 Å². The Morgan fingerprint density at radius 2 is 0.885 bits per heavy atom. The van der Waals surface area contributed by atoms with Crippen molar-refractivity contribution in [3.63, 3.8) is 0 Å². The molecule has 0 bridgehead atoms. The van der Waals surface area contributed by atoms with Crippen molar-refractivity contribution in [3.8, 4) is 0 Å². The van der Waals surface area contributed by atoms with Gasteiger partial charge in [-0.15, -0.1) is 0 Å². The van der Waals surface area contributed by atoms with Gasteiger partial charge < -0.3 is 0 Å². The van der Waals surface area contributed by atoms with E-state index in [0.717, 1.165) is 6.16 Å². The van der Waals surface area contributed by atoms with Crippen molar-refractivity contribution in [2.24, 2.45) is 0 Å². The monoisotopic (exact) mass is 467 g/mol. The van der Waals surface area contributed by atoms with E-state index in [-0.39, 0.29) is 0 Å². The van der Waals surface area contributed by atoms with Crippen LogP contribution < -0.4 is 15.9 Å². The second-order valence-electron chi connectivity index (χ2n) is 6.64. The van der Waals surface area contributed by atoms with Gasteiger partial charge in [0.1, 0.15) is 0 Å². The van der Waals surface area contributed by atoms with Gasteiger partial charge in [0.25, 0.3) is 0 Å². The van der Waals surface area contributed by atoms with Crippen LogP contribution in [-0.4, -0.2) is 6.16 Å². The van der Waals surface area contributed by atoms with Crippen LogP contribution in [0.4, 0.5) is 0 Å². The fraction of sp³-hybridized carbons (Fsp3) is 0.0417. The average Bonchev–Trinajstić information content (AvgIpc) is 3.23. The van der Waals surface area contributed by atoms with Crippen molar-refractivity contribution in [1.29, 1.82) is 0 Å². The van der Waals surface area contributed by atoms with Crippen LogP contribution in [0.3, 0.4) is 0 Å². The number of halogens is 1. The molecule has 0 nitrogen and oxygen atoms in total. The summed E-state index contributed by atoms with van der Waals surface area (Å²) in [6.45, 7) is 0. The first-order chi connectivity index (χ1) is 12.7. The van der Waals surface area contributed by atoms with E-state index < -0.39 is 4.25 Å². The van der Waals surface area contributed by atoms with E-state index in [2.05, 4.69) is 139 Å². The Bertz CT molecular complexity index is 740. The standard InChI is InChI=1S/C24H21IP/c25-26(20-21-12-10-11-13-21,22-14-4-1-5-15-22,23-16-6-2-7-17-23)24-18-8-3-9-19-24/h1-19H,20H2. The van der Waals surface area contributed by atoms with Gasteiger partial charge in [-0.3, -0.25) is 0 Å². The number of hydrogen-bond acceptors (Lipinski definition) is 0. The minimum absolute atomic E-state index is 1.02. The molecule has 3 aromatic rings. The molecule has 2 heteroatoms. The Balaban J connectivity index is 2.03. The van der Waals surface area contributed by atoms with Gasteiger partial charge in [-0.1, -0.05) is 0 Å². The zero-order valence-corrected chi connectivity index (χ0v) is 17.6. The van der Waals surface area contributed by atoms with E-state index in [1.165, 1.54) is 21.8 Å². The fourth-order valence-corrected chi connectivity index (χ4v) is 12.6. The molecule has 3 aromatic carbocycles. The van der Waals surface area contributed by atoms with E-state index in [1.807, 2.05) is 0 Å². The van der Waals surface area contributed by atoms with Crippen molar-refractivity contribution in [2.45, 2.75) is 0 Å². The molecule has 0 heterocycles. The first kappa shape index (κ1) is 18.2. The van der Waals surface area contributed by atoms with Crippen molar-refractivity contribution < 1.29 is 0 Å². The molecule has 0 N–H and O–H groups in total. The van der Waals surface area contributed by atoms with Crippen LogP contribution in [0.25, 0.3) is 0 Å². The van der Waals surface area contributed by atoms with Crippen LogP contribution in [0.2, 0.25) is 0 Å². The Kier molecular flexibility index (Phi) is 5.21. The SMILES string of the molecule is IP(C[C]1[CH][CH][CH][CH]1)(c1ccccc1)(c1ccccc1)c1ccccc1. The maximum atomic E-state index is 2.84. The molecule has 1 aliphatic carbocycles. The topological polar surface area (TPSA) is 0 Å². The zero-order valence-electron chi connectivity index (χ0n) is 14.5. The summed E-state index contributed by atoms with van der Waals surface area (Å²) in [5.41, 5.74) is 0. The van der Waals surface area contributed by atoms with Crippen LogP contribution in [-0.2, 0) is 0 Å². The summed E-state index contributed by atoms with van der Waals surface area (Å²) in [4.78, 5) is 0. The van der Waals surface area contributed by atoms with Crippen molar-refractivity contribution in [2.75, 3.05) is 6.16 Å². The third-order valence-corrected chi connectivity index (χ3v) is 16.2. The van der Waals surface area contributed by atoms with Crippen LogP contribution in [0.15, 0.2) is 91.0 Å². The fourth-order valence-electron chi connectivity index (χ4n) is 3.80. The summed E-state index contributed by atoms with van der Waals surface area (Å²) in [6.07, 6.45) is 9.84. The van der Waals surface area contributed by atoms with E-state index in [0.29, 0.717) is 0 Å². The van der Waals surface area contributed by atoms with Crippen LogP contribution in [0.5, 0.6) is 0 Å². The molecule has 0 aliphatic heterocycles. The summed E-state index contributed by atoms with van der Waals surface area (Å²) in [5.74, 6) is 1.40. The first-order valence-corrected chi connectivity index (χ1v) is 14.0. The van der Waals surface area contributed by atoms with Crippen molar-refractivity contribution in [1.82, 2.24) is 0 Å². The van der Waals surface area contributed by atoms with Crippen LogP contribution in [0.1, 0.15) is 0 Å². The molecule has 5 radical (unpaired) electrons. The molecule has 0 saturated heterocycles. The molecule has 1 aliphatic rings. The summed E-state index contributed by atoms with van der Waals surface area (Å²) < 4.78 is -2.67. The van der Waals surface area contributed by atoms with Gasteiger partial charge in [0.15, 0.2) is 0 Å². The summed E-state index contributed by atoms with van der Waals surface area (Å²) in [6, 6.07) is 33.2. The van der Waals surface area contributed by atoms with Crippen LogP contribution in [0, 0.1) is 31.6 Å². The Hall–Kier alpha value is -1.18. The molecule has 0 spiro atoms. The first-order valence-electron chi connectivity index (χ1n) is 8.82. The molecule has 26 heavy (non-hydrogen) atoms. The Labute approximate surface area is 170 Å². The average molecular weight is 467 g/mol. The predicted octanol–water partition coefficient (Wildman–Crippen LogP) is 5.27. The zero-order chi connectivity index (χ0) is 17.9. The summed E-state index contributed by atoms with van der Waals surface area (Å²) in [5, 5.41) is 4.29. The molecule has 1 saturated carbocycles. The van der Waals surface area contributed by atoms with Crippen LogP contribution >= 0.6 is 26.3 Å². The molecule has 4 rings (SSSR count). The normalized spacial score (nSPS) is 16.9. The van der Waals surface area contributed by atoms with Gasteiger partial charge in [-0.05, 0) is 0 Å². The second kappa shape index (κ2) is 7.44. The molecule has 129 valence electrons. The van der Waals surface area contributed by atoms with Gasteiger partial charge in [0.2, 0.25) is 0 Å². The van der Waals surface area contributed by atoms with Gasteiger partial charge in [-0.2, -0.15) is 0 Å². The Morgan fingerprint density at radius 3 is 1.23 bits per heavy atom. The van der Waals surface area contributed by atoms with Crippen molar-refractivity contribution >= 4 is 42.2 Å². The predicted molar refractivity (Wildman–Crippen MR) is 124 cm³/mol. The van der Waals surface area contributed by atoms with E-state index >= 15 is 0 Å². The van der Waals surface area contributed by atoms with Crippen molar-refractivity contribution in [3.05, 3.63) is 123 Å². The van der Waals surface area contributed by atoms with E-state index in [1.54, 1.807) is 0 Å². The molecular weight excluding hydrogens is 446 g/mol. The van der Waals surface area contributed by atoms with E-state index in [4.69, 9.17) is 0 Å². The number of hydrogen-bond donors (Lipinski definition) is 0. The molecule has 0 amide bonds. The molecule has 0 atom stereocenters. The number of benzene rings is 3. The van der Waals surface area contributed by atoms with Gasteiger partial charge in [-0.25, -0.2) is 0 Å². The summed E-state index contributed by atoms with van der Waals surface area (Å²) >= 11 is 2.84.